The summed E-state index contributed by atoms with van der Waals surface area (Å²) in [6.07, 6.45) is -0.0455. The van der Waals surface area contributed by atoms with Gasteiger partial charge in [-0.3, -0.25) is 19.2 Å². The Balaban J connectivity index is 2.06. The molecule has 1 unspecified atom stereocenters. The van der Waals surface area contributed by atoms with Crippen LogP contribution >= 0.6 is 0 Å². The molecule has 1 fully saturated rings. The molecule has 0 bridgehead atoms. The molecule has 2 rings (SSSR count). The van der Waals surface area contributed by atoms with Gasteiger partial charge in [-0.05, 0) is 24.3 Å². The van der Waals surface area contributed by atoms with E-state index in [-0.39, 0.29) is 24.4 Å². The van der Waals surface area contributed by atoms with Gasteiger partial charge < -0.3 is 20.4 Å². The van der Waals surface area contributed by atoms with Crippen molar-refractivity contribution in [1.82, 2.24) is 5.32 Å². The summed E-state index contributed by atoms with van der Waals surface area (Å²) in [4.78, 5) is 46.1. The molecule has 0 spiro atoms. The number of carbonyl (C=O) groups excluding carboxylic acids is 2. The minimum absolute atomic E-state index is 0.0455. The van der Waals surface area contributed by atoms with Gasteiger partial charge in [0.25, 0.3) is 5.91 Å². The number of rotatable bonds is 5. The third kappa shape index (κ3) is 3.40. The standard InChI is InChI=1S/C14H14N2O6/c17-11-5-9(14(21)22)7-16(11)10-3-1-8(2-4-10)13(20)15-6-12(18)19/h1-4,9H,5-7H2,(H,15,20)(H,18,19)(H,21,22). The van der Waals surface area contributed by atoms with Crippen LogP contribution < -0.4 is 10.2 Å². The lowest BCUT2D eigenvalue weighted by Gasteiger charge is -2.16. The molecule has 1 heterocycles. The van der Waals surface area contributed by atoms with Gasteiger partial charge in [0.05, 0.1) is 5.92 Å². The van der Waals surface area contributed by atoms with E-state index >= 15 is 0 Å². The van der Waals surface area contributed by atoms with Crippen molar-refractivity contribution in [1.29, 1.82) is 0 Å². The second-order valence-corrected chi connectivity index (χ2v) is 4.87. The fraction of sp³-hybridized carbons (Fsp3) is 0.286. The van der Waals surface area contributed by atoms with Crippen LogP contribution in [0.3, 0.4) is 0 Å². The molecule has 8 nitrogen and oxygen atoms in total. The largest absolute Gasteiger partial charge is 0.481 e. The molecule has 116 valence electrons. The molecule has 0 aliphatic carbocycles. The van der Waals surface area contributed by atoms with E-state index in [1.165, 1.54) is 29.2 Å². The van der Waals surface area contributed by atoms with Gasteiger partial charge in [0, 0.05) is 24.2 Å². The SMILES string of the molecule is O=C(O)CNC(=O)c1ccc(N2CC(C(=O)O)CC2=O)cc1. The number of carbonyl (C=O) groups is 4. The van der Waals surface area contributed by atoms with E-state index in [1.807, 2.05) is 0 Å². The summed E-state index contributed by atoms with van der Waals surface area (Å²) in [5, 5.41) is 19.6. The zero-order chi connectivity index (χ0) is 16.3. The molecule has 8 heteroatoms. The highest BCUT2D eigenvalue weighted by Crippen LogP contribution is 2.25. The Labute approximate surface area is 125 Å². The highest BCUT2D eigenvalue weighted by molar-refractivity contribution is 6.00. The van der Waals surface area contributed by atoms with Crippen molar-refractivity contribution < 1.29 is 29.4 Å². The lowest BCUT2D eigenvalue weighted by molar-refractivity contribution is -0.141. The molecule has 0 saturated carbocycles. The minimum Gasteiger partial charge on any atom is -0.481 e. The number of nitrogens with one attached hydrogen (secondary N) is 1. The number of hydrogen-bond acceptors (Lipinski definition) is 4. The Bertz CT molecular complexity index is 625. The predicted molar refractivity (Wildman–Crippen MR) is 74.5 cm³/mol. The van der Waals surface area contributed by atoms with Crippen molar-refractivity contribution in [3.63, 3.8) is 0 Å². The molecule has 3 N–H and O–H groups in total. The monoisotopic (exact) mass is 306 g/mol. The van der Waals surface area contributed by atoms with Crippen LogP contribution in [0.4, 0.5) is 5.69 Å². The molecule has 1 aliphatic rings. The minimum atomic E-state index is -1.15. The van der Waals surface area contributed by atoms with Crippen molar-refractivity contribution in [2.75, 3.05) is 18.0 Å². The number of carboxylic acids is 2. The van der Waals surface area contributed by atoms with Gasteiger partial charge in [-0.15, -0.1) is 0 Å². The van der Waals surface area contributed by atoms with E-state index < -0.39 is 30.3 Å². The lowest BCUT2D eigenvalue weighted by atomic mass is 10.1. The van der Waals surface area contributed by atoms with E-state index in [4.69, 9.17) is 10.2 Å². The van der Waals surface area contributed by atoms with Gasteiger partial charge in [0.15, 0.2) is 0 Å². The maximum absolute atomic E-state index is 11.8. The zero-order valence-electron chi connectivity index (χ0n) is 11.5. The normalized spacial score (nSPS) is 17.4. The first-order valence-electron chi connectivity index (χ1n) is 6.51. The van der Waals surface area contributed by atoms with Crippen LogP contribution in [0.2, 0.25) is 0 Å². The van der Waals surface area contributed by atoms with Crippen LogP contribution in [0, 0.1) is 5.92 Å². The summed E-state index contributed by atoms with van der Waals surface area (Å²) < 4.78 is 0. The molecular formula is C14H14N2O6. The third-order valence-corrected chi connectivity index (χ3v) is 3.32. The lowest BCUT2D eigenvalue weighted by Crippen LogP contribution is -2.29. The summed E-state index contributed by atoms with van der Waals surface area (Å²) in [5.74, 6) is -3.71. The number of nitrogens with zero attached hydrogens (tertiary/aromatic N) is 1. The highest BCUT2D eigenvalue weighted by atomic mass is 16.4. The van der Waals surface area contributed by atoms with E-state index in [0.29, 0.717) is 5.69 Å². The average molecular weight is 306 g/mol. The number of carboxylic acid groups (broad SMARTS) is 2. The third-order valence-electron chi connectivity index (χ3n) is 3.32. The first kappa shape index (κ1) is 15.5. The highest BCUT2D eigenvalue weighted by Gasteiger charge is 2.34. The molecule has 22 heavy (non-hydrogen) atoms. The summed E-state index contributed by atoms with van der Waals surface area (Å²) in [5.41, 5.74) is 0.759. The molecule has 1 atom stereocenters. The predicted octanol–water partition coefficient (Wildman–Crippen LogP) is -0.0615. The Kier molecular flexibility index (Phi) is 4.40. The molecule has 0 aromatic heterocycles. The number of aliphatic carboxylic acids is 2. The van der Waals surface area contributed by atoms with Crippen molar-refractivity contribution in [3.8, 4) is 0 Å². The maximum atomic E-state index is 11.8. The molecule has 1 aromatic carbocycles. The molecule has 2 amide bonds. The van der Waals surface area contributed by atoms with Crippen molar-refractivity contribution in [2.45, 2.75) is 6.42 Å². The summed E-state index contributed by atoms with van der Waals surface area (Å²) in [6, 6.07) is 5.96. The number of amides is 2. The van der Waals surface area contributed by atoms with E-state index in [2.05, 4.69) is 5.32 Å². The quantitative estimate of drug-likeness (QED) is 0.700. The van der Waals surface area contributed by atoms with Gasteiger partial charge in [-0.25, -0.2) is 0 Å². The van der Waals surface area contributed by atoms with Gasteiger partial charge in [0.1, 0.15) is 6.54 Å². The van der Waals surface area contributed by atoms with Crippen LogP contribution in [-0.2, 0) is 14.4 Å². The number of hydrogen-bond donors (Lipinski definition) is 3. The molecule has 1 saturated heterocycles. The Hall–Kier alpha value is -2.90. The molecule has 0 radical (unpaired) electrons. The average Bonchev–Trinajstić information content (AvgIpc) is 2.87. The van der Waals surface area contributed by atoms with Crippen LogP contribution in [0.1, 0.15) is 16.8 Å². The summed E-state index contributed by atoms with van der Waals surface area (Å²) >= 11 is 0. The number of anilines is 1. The van der Waals surface area contributed by atoms with Crippen LogP contribution in [-0.4, -0.2) is 47.1 Å². The van der Waals surface area contributed by atoms with Gasteiger partial charge in [-0.2, -0.15) is 0 Å². The smallest absolute Gasteiger partial charge is 0.322 e. The van der Waals surface area contributed by atoms with Crippen molar-refractivity contribution >= 4 is 29.4 Å². The first-order valence-corrected chi connectivity index (χ1v) is 6.51. The maximum Gasteiger partial charge on any atom is 0.322 e. The zero-order valence-corrected chi connectivity index (χ0v) is 11.5. The van der Waals surface area contributed by atoms with E-state index in [9.17, 15) is 19.2 Å². The Morgan fingerprint density at radius 2 is 1.82 bits per heavy atom. The van der Waals surface area contributed by atoms with Crippen LogP contribution in [0.25, 0.3) is 0 Å². The van der Waals surface area contributed by atoms with Crippen LogP contribution in [0.5, 0.6) is 0 Å². The van der Waals surface area contributed by atoms with Crippen molar-refractivity contribution in [3.05, 3.63) is 29.8 Å². The van der Waals surface area contributed by atoms with Crippen molar-refractivity contribution in [2.24, 2.45) is 5.92 Å². The van der Waals surface area contributed by atoms with Gasteiger partial charge >= 0.3 is 11.9 Å². The van der Waals surface area contributed by atoms with Gasteiger partial charge in [0.2, 0.25) is 5.91 Å². The molecule has 1 aliphatic heterocycles. The first-order chi connectivity index (χ1) is 10.4. The van der Waals surface area contributed by atoms with Crippen LogP contribution in [0.15, 0.2) is 24.3 Å². The number of benzene rings is 1. The second-order valence-electron chi connectivity index (χ2n) is 4.87. The topological polar surface area (TPSA) is 124 Å². The summed E-state index contributed by atoms with van der Waals surface area (Å²) in [6.45, 7) is -0.385. The summed E-state index contributed by atoms with van der Waals surface area (Å²) in [7, 11) is 0. The Morgan fingerprint density at radius 1 is 1.18 bits per heavy atom. The van der Waals surface area contributed by atoms with Gasteiger partial charge in [-0.1, -0.05) is 0 Å². The fourth-order valence-corrected chi connectivity index (χ4v) is 2.17. The van der Waals surface area contributed by atoms with E-state index in [0.717, 1.165) is 0 Å². The Morgan fingerprint density at radius 3 is 2.32 bits per heavy atom. The molecular weight excluding hydrogens is 292 g/mol. The molecule has 1 aromatic rings. The second kappa shape index (κ2) is 6.25. The van der Waals surface area contributed by atoms with E-state index in [1.54, 1.807) is 0 Å². The fourth-order valence-electron chi connectivity index (χ4n) is 2.17.